The Morgan fingerprint density at radius 1 is 1.03 bits per heavy atom. The Hall–Kier alpha value is -3.10. The van der Waals surface area contributed by atoms with Crippen molar-refractivity contribution in [3.8, 4) is 11.4 Å². The van der Waals surface area contributed by atoms with Gasteiger partial charge in [-0.15, -0.1) is 0 Å². The van der Waals surface area contributed by atoms with Crippen molar-refractivity contribution >= 4 is 21.2 Å². The van der Waals surface area contributed by atoms with E-state index in [1.807, 2.05) is 47.9 Å². The zero-order valence-corrected chi connectivity index (χ0v) is 17.2. The quantitative estimate of drug-likeness (QED) is 0.456. The number of rotatable bonds is 7. The first kappa shape index (κ1) is 20.2. The summed E-state index contributed by atoms with van der Waals surface area (Å²) in [5.41, 5.74) is 3.69. The molecule has 0 saturated carbocycles. The van der Waals surface area contributed by atoms with Gasteiger partial charge in [-0.1, -0.05) is 29.8 Å². The van der Waals surface area contributed by atoms with Crippen LogP contribution in [0.4, 0.5) is 4.39 Å². The van der Waals surface area contributed by atoms with Crippen molar-refractivity contribution in [1.82, 2.24) is 19.3 Å². The van der Waals surface area contributed by atoms with Crippen LogP contribution in [0.1, 0.15) is 12.0 Å². The van der Waals surface area contributed by atoms with E-state index < -0.39 is 15.8 Å². The van der Waals surface area contributed by atoms with Gasteiger partial charge in [0.2, 0.25) is 10.0 Å². The number of benzene rings is 2. The fourth-order valence-corrected chi connectivity index (χ4v) is 4.31. The molecule has 2 heterocycles. The van der Waals surface area contributed by atoms with E-state index in [2.05, 4.69) is 9.71 Å². The number of nitrogens with zero attached hydrogens (tertiary/aromatic N) is 3. The topological polar surface area (TPSA) is 76.9 Å². The van der Waals surface area contributed by atoms with Crippen molar-refractivity contribution in [2.24, 2.45) is 0 Å². The van der Waals surface area contributed by atoms with Gasteiger partial charge in [0.05, 0.1) is 4.90 Å². The van der Waals surface area contributed by atoms with Crippen molar-refractivity contribution in [3.05, 3.63) is 78.2 Å². The number of imidazole rings is 1. The minimum atomic E-state index is -3.68. The molecule has 0 unspecified atom stereocenters. The molecule has 0 radical (unpaired) electrons. The zero-order valence-electron chi connectivity index (χ0n) is 16.4. The molecule has 0 amide bonds. The van der Waals surface area contributed by atoms with Crippen LogP contribution >= 0.6 is 0 Å². The zero-order chi connectivity index (χ0) is 21.1. The number of nitrogens with one attached hydrogen (secondary N) is 1. The summed E-state index contributed by atoms with van der Waals surface area (Å²) in [5.74, 6) is 0.321. The number of aryl methyl sites for hydroxylation is 2. The average molecular weight is 425 g/mol. The molecule has 0 bridgehead atoms. The maximum Gasteiger partial charge on any atom is 0.240 e. The van der Waals surface area contributed by atoms with Crippen LogP contribution in [0.5, 0.6) is 0 Å². The lowest BCUT2D eigenvalue weighted by atomic mass is 10.1. The summed E-state index contributed by atoms with van der Waals surface area (Å²) < 4.78 is 42.4. The SMILES string of the molecule is Cc1ccc(-c2nc3cccnc3n2CCCNS(=O)(=O)c2ccc(F)cc2)cc1. The predicted molar refractivity (Wildman–Crippen MR) is 114 cm³/mol. The molecule has 0 aliphatic carbocycles. The van der Waals surface area contributed by atoms with Crippen LogP contribution < -0.4 is 4.72 Å². The number of hydrogen-bond donors (Lipinski definition) is 1. The molecule has 8 heteroatoms. The molecular weight excluding hydrogens is 403 g/mol. The molecule has 6 nitrogen and oxygen atoms in total. The second kappa shape index (κ2) is 8.33. The smallest absolute Gasteiger partial charge is 0.240 e. The Balaban J connectivity index is 1.52. The first-order valence-electron chi connectivity index (χ1n) is 9.57. The van der Waals surface area contributed by atoms with Gasteiger partial charge in [-0.05, 0) is 49.7 Å². The van der Waals surface area contributed by atoms with Crippen LogP contribution in [0.2, 0.25) is 0 Å². The lowest BCUT2D eigenvalue weighted by Crippen LogP contribution is -2.25. The molecule has 4 rings (SSSR count). The number of hydrogen-bond acceptors (Lipinski definition) is 4. The molecule has 30 heavy (non-hydrogen) atoms. The van der Waals surface area contributed by atoms with Gasteiger partial charge in [0, 0.05) is 24.8 Å². The van der Waals surface area contributed by atoms with E-state index in [4.69, 9.17) is 4.98 Å². The minimum Gasteiger partial charge on any atom is -0.309 e. The Morgan fingerprint density at radius 2 is 1.77 bits per heavy atom. The molecule has 2 aromatic heterocycles. The van der Waals surface area contributed by atoms with E-state index in [0.29, 0.717) is 13.0 Å². The Bertz CT molecular complexity index is 1270. The minimum absolute atomic E-state index is 0.0407. The van der Waals surface area contributed by atoms with Crippen LogP contribution in [0.15, 0.2) is 71.8 Å². The standard InChI is InChI=1S/C22H21FN4O2S/c1-16-5-7-17(8-6-16)21-26-20-4-2-13-24-22(20)27(21)15-3-14-25-30(28,29)19-11-9-18(23)10-12-19/h2,4-13,25H,3,14-15H2,1H3. The van der Waals surface area contributed by atoms with Gasteiger partial charge in [-0.25, -0.2) is 27.5 Å². The van der Waals surface area contributed by atoms with E-state index in [9.17, 15) is 12.8 Å². The summed E-state index contributed by atoms with van der Waals surface area (Å²) >= 11 is 0. The predicted octanol–water partition coefficient (Wildman–Crippen LogP) is 3.91. The van der Waals surface area contributed by atoms with E-state index in [1.54, 1.807) is 6.20 Å². The van der Waals surface area contributed by atoms with Crippen molar-refractivity contribution in [2.75, 3.05) is 6.54 Å². The molecule has 0 spiro atoms. The summed E-state index contributed by atoms with van der Waals surface area (Å²) in [5, 5.41) is 0. The number of pyridine rings is 1. The summed E-state index contributed by atoms with van der Waals surface area (Å²) in [6.07, 6.45) is 2.26. The van der Waals surface area contributed by atoms with E-state index in [0.717, 1.165) is 40.2 Å². The fraction of sp³-hybridized carbons (Fsp3) is 0.182. The Labute approximate surface area is 174 Å². The van der Waals surface area contributed by atoms with E-state index >= 15 is 0 Å². The first-order valence-corrected chi connectivity index (χ1v) is 11.1. The van der Waals surface area contributed by atoms with Crippen molar-refractivity contribution in [1.29, 1.82) is 0 Å². The van der Waals surface area contributed by atoms with Crippen LogP contribution in [-0.4, -0.2) is 29.5 Å². The fourth-order valence-electron chi connectivity index (χ4n) is 3.23. The lowest BCUT2D eigenvalue weighted by molar-refractivity contribution is 0.571. The highest BCUT2D eigenvalue weighted by Crippen LogP contribution is 2.24. The molecule has 0 fully saturated rings. The molecule has 0 saturated heterocycles. The third kappa shape index (κ3) is 4.24. The van der Waals surface area contributed by atoms with Crippen LogP contribution in [0.25, 0.3) is 22.6 Å². The Kier molecular flexibility index (Phi) is 5.61. The highest BCUT2D eigenvalue weighted by Gasteiger charge is 2.15. The van der Waals surface area contributed by atoms with Gasteiger partial charge in [0.1, 0.15) is 17.2 Å². The summed E-state index contributed by atoms with van der Waals surface area (Å²) in [6, 6.07) is 16.6. The van der Waals surface area contributed by atoms with E-state index in [1.165, 1.54) is 12.1 Å². The molecule has 2 aromatic carbocycles. The van der Waals surface area contributed by atoms with Gasteiger partial charge in [-0.3, -0.25) is 0 Å². The van der Waals surface area contributed by atoms with Gasteiger partial charge >= 0.3 is 0 Å². The summed E-state index contributed by atoms with van der Waals surface area (Å²) in [7, 11) is -3.68. The Morgan fingerprint density at radius 3 is 2.50 bits per heavy atom. The average Bonchev–Trinajstić information content (AvgIpc) is 3.11. The molecule has 4 aromatic rings. The first-order chi connectivity index (χ1) is 14.4. The third-order valence-electron chi connectivity index (χ3n) is 4.79. The van der Waals surface area contributed by atoms with Gasteiger partial charge in [-0.2, -0.15) is 0 Å². The lowest BCUT2D eigenvalue weighted by Gasteiger charge is -2.10. The number of aromatic nitrogens is 3. The maximum absolute atomic E-state index is 13.0. The highest BCUT2D eigenvalue weighted by atomic mass is 32.2. The normalized spacial score (nSPS) is 11.8. The van der Waals surface area contributed by atoms with Crippen molar-refractivity contribution < 1.29 is 12.8 Å². The van der Waals surface area contributed by atoms with Crippen molar-refractivity contribution in [3.63, 3.8) is 0 Å². The molecule has 0 atom stereocenters. The second-order valence-electron chi connectivity index (χ2n) is 7.00. The number of halogens is 1. The number of fused-ring (bicyclic) bond motifs is 1. The molecule has 0 aliphatic heterocycles. The third-order valence-corrected chi connectivity index (χ3v) is 6.26. The molecule has 1 N–H and O–H groups in total. The van der Waals surface area contributed by atoms with E-state index in [-0.39, 0.29) is 11.4 Å². The van der Waals surface area contributed by atoms with Crippen LogP contribution in [-0.2, 0) is 16.6 Å². The maximum atomic E-state index is 13.0. The molecular formula is C22H21FN4O2S. The highest BCUT2D eigenvalue weighted by molar-refractivity contribution is 7.89. The second-order valence-corrected chi connectivity index (χ2v) is 8.77. The van der Waals surface area contributed by atoms with Gasteiger partial charge < -0.3 is 4.57 Å². The van der Waals surface area contributed by atoms with Crippen molar-refractivity contribution in [2.45, 2.75) is 24.8 Å². The van der Waals surface area contributed by atoms with Gasteiger partial charge in [0.25, 0.3) is 0 Å². The molecule has 154 valence electrons. The van der Waals surface area contributed by atoms with Crippen LogP contribution in [0, 0.1) is 12.7 Å². The molecule has 0 aliphatic rings. The van der Waals surface area contributed by atoms with Crippen LogP contribution in [0.3, 0.4) is 0 Å². The largest absolute Gasteiger partial charge is 0.309 e. The monoisotopic (exact) mass is 424 g/mol. The van der Waals surface area contributed by atoms with Gasteiger partial charge in [0.15, 0.2) is 5.65 Å². The number of sulfonamides is 1. The summed E-state index contributed by atoms with van der Waals surface area (Å²) in [4.78, 5) is 9.22. The summed E-state index contributed by atoms with van der Waals surface area (Å²) in [6.45, 7) is 2.81.